The average molecular weight is 403 g/mol. The first-order chi connectivity index (χ1) is 14.2. The lowest BCUT2D eigenvalue weighted by Gasteiger charge is -2.26. The van der Waals surface area contributed by atoms with E-state index in [0.29, 0.717) is 13.1 Å². The van der Waals surface area contributed by atoms with Crippen molar-refractivity contribution in [3.05, 3.63) is 82.8 Å². The van der Waals surface area contributed by atoms with Crippen molar-refractivity contribution >= 4 is 34.2 Å². The van der Waals surface area contributed by atoms with E-state index in [9.17, 15) is 9.18 Å². The van der Waals surface area contributed by atoms with E-state index < -0.39 is 0 Å². The van der Waals surface area contributed by atoms with E-state index in [0.717, 1.165) is 28.2 Å². The zero-order valence-corrected chi connectivity index (χ0v) is 16.4. The maximum atomic E-state index is 13.1. The molecule has 4 nitrogen and oxygen atoms in total. The summed E-state index contributed by atoms with van der Waals surface area (Å²) in [5, 5.41) is 3.89. The number of para-hydroxylation sites is 1. The van der Waals surface area contributed by atoms with E-state index in [1.807, 2.05) is 22.4 Å². The molecule has 144 valence electrons. The summed E-state index contributed by atoms with van der Waals surface area (Å²) in [6, 6.07) is 14.5. The molecule has 2 aromatic heterocycles. The van der Waals surface area contributed by atoms with Gasteiger partial charge in [0.05, 0.1) is 5.69 Å². The van der Waals surface area contributed by atoms with Gasteiger partial charge in [0.15, 0.2) is 0 Å². The molecule has 6 heteroatoms. The third kappa shape index (κ3) is 3.47. The second-order valence-electron chi connectivity index (χ2n) is 7.06. The van der Waals surface area contributed by atoms with E-state index in [2.05, 4.69) is 22.1 Å². The Kier molecular flexibility index (Phi) is 4.48. The topological polar surface area (TPSA) is 49.0 Å². The number of aromatic nitrogens is 2. The van der Waals surface area contributed by atoms with Gasteiger partial charge in [-0.1, -0.05) is 18.2 Å². The van der Waals surface area contributed by atoms with Gasteiger partial charge in [-0.3, -0.25) is 4.79 Å². The van der Waals surface area contributed by atoms with E-state index in [1.165, 1.54) is 40.1 Å². The van der Waals surface area contributed by atoms with Crippen LogP contribution in [0.25, 0.3) is 27.6 Å². The lowest BCUT2D eigenvalue weighted by atomic mass is 10.0. The van der Waals surface area contributed by atoms with E-state index >= 15 is 0 Å². The van der Waals surface area contributed by atoms with E-state index in [-0.39, 0.29) is 11.7 Å². The quantitative estimate of drug-likeness (QED) is 0.488. The summed E-state index contributed by atoms with van der Waals surface area (Å²) < 4.78 is 13.1. The number of H-pyrrole nitrogens is 1. The monoisotopic (exact) mass is 403 g/mol. The molecule has 1 N–H and O–H groups in total. The minimum atomic E-state index is -0.268. The molecule has 2 aromatic carbocycles. The van der Waals surface area contributed by atoms with Crippen molar-refractivity contribution in [2.45, 2.75) is 13.0 Å². The minimum absolute atomic E-state index is 0.0164. The van der Waals surface area contributed by atoms with Gasteiger partial charge in [-0.05, 0) is 36.4 Å². The fraction of sp³-hybridized carbons (Fsp3) is 0.130. The molecule has 3 heterocycles. The van der Waals surface area contributed by atoms with Crippen LogP contribution >= 0.6 is 11.3 Å². The number of hydrogen-bond donors (Lipinski definition) is 1. The summed E-state index contributed by atoms with van der Waals surface area (Å²) in [7, 11) is 0. The number of halogens is 1. The maximum Gasteiger partial charge on any atom is 0.246 e. The number of benzene rings is 2. The van der Waals surface area contributed by atoms with Crippen molar-refractivity contribution in [1.82, 2.24) is 14.9 Å². The van der Waals surface area contributed by atoms with Crippen LogP contribution in [0.4, 0.5) is 4.39 Å². The molecule has 0 radical (unpaired) electrons. The molecule has 0 unspecified atom stereocenters. The van der Waals surface area contributed by atoms with Gasteiger partial charge in [0.1, 0.15) is 10.8 Å². The van der Waals surface area contributed by atoms with Gasteiger partial charge in [0.2, 0.25) is 5.91 Å². The SMILES string of the molecule is O=C(/C=C/c1csc(-c2ccc(F)cc2)n1)N1CCc2[nH]c3ccccc3c2C1. The molecule has 0 atom stereocenters. The first-order valence-electron chi connectivity index (χ1n) is 9.44. The Morgan fingerprint density at radius 2 is 2.00 bits per heavy atom. The van der Waals surface area contributed by atoms with Crippen molar-refractivity contribution in [3.63, 3.8) is 0 Å². The highest BCUT2D eigenvalue weighted by Gasteiger charge is 2.22. The predicted octanol–water partition coefficient (Wildman–Crippen LogP) is 5.03. The molecule has 0 saturated heterocycles. The molecule has 4 aromatic rings. The van der Waals surface area contributed by atoms with Gasteiger partial charge in [-0.15, -0.1) is 11.3 Å². The highest BCUT2D eigenvalue weighted by atomic mass is 32.1. The molecule has 5 rings (SSSR count). The largest absolute Gasteiger partial charge is 0.358 e. The van der Waals surface area contributed by atoms with Crippen LogP contribution in [0.1, 0.15) is 17.0 Å². The maximum absolute atomic E-state index is 13.1. The molecule has 0 fully saturated rings. The zero-order chi connectivity index (χ0) is 19.8. The average Bonchev–Trinajstić information content (AvgIpc) is 3.37. The Bertz CT molecular complexity index is 1220. The number of aromatic amines is 1. The number of hydrogen-bond acceptors (Lipinski definition) is 3. The summed E-state index contributed by atoms with van der Waals surface area (Å²) in [6.07, 6.45) is 4.16. The van der Waals surface area contributed by atoms with Gasteiger partial charge in [0, 0.05) is 58.7 Å². The minimum Gasteiger partial charge on any atom is -0.358 e. The standard InChI is InChI=1S/C23H18FN3OS/c24-16-7-5-15(6-8-16)23-25-17(14-29-23)9-10-22(28)27-12-11-21-19(13-27)18-3-1-2-4-20(18)26-21/h1-10,14,26H,11-13H2/b10-9+. The normalized spacial score (nSPS) is 13.9. The molecule has 0 bridgehead atoms. The molecule has 1 amide bonds. The van der Waals surface area contributed by atoms with Crippen LogP contribution in [0.15, 0.2) is 60.0 Å². The Hall–Kier alpha value is -3.25. The Morgan fingerprint density at radius 1 is 1.17 bits per heavy atom. The number of nitrogens with one attached hydrogen (secondary N) is 1. The van der Waals surface area contributed by atoms with Gasteiger partial charge in [-0.2, -0.15) is 0 Å². The highest BCUT2D eigenvalue weighted by Crippen LogP contribution is 2.28. The fourth-order valence-corrected chi connectivity index (χ4v) is 4.50. The third-order valence-electron chi connectivity index (χ3n) is 5.20. The summed E-state index contributed by atoms with van der Waals surface area (Å²) in [5.74, 6) is -0.284. The lowest BCUT2D eigenvalue weighted by Crippen LogP contribution is -2.34. The number of thiazole rings is 1. The van der Waals surface area contributed by atoms with Crippen LogP contribution in [-0.2, 0) is 17.8 Å². The zero-order valence-electron chi connectivity index (χ0n) is 15.6. The van der Waals surface area contributed by atoms with E-state index in [4.69, 9.17) is 0 Å². The molecular formula is C23H18FN3OS. The second kappa shape index (κ2) is 7.29. The molecule has 1 aliphatic rings. The van der Waals surface area contributed by atoms with Crippen molar-refractivity contribution in [2.24, 2.45) is 0 Å². The van der Waals surface area contributed by atoms with Crippen LogP contribution in [0.2, 0.25) is 0 Å². The second-order valence-corrected chi connectivity index (χ2v) is 7.91. The van der Waals surface area contributed by atoms with Crippen molar-refractivity contribution in [3.8, 4) is 10.6 Å². The number of carbonyl (C=O) groups is 1. The summed E-state index contributed by atoms with van der Waals surface area (Å²) in [5.41, 5.74) is 5.15. The highest BCUT2D eigenvalue weighted by molar-refractivity contribution is 7.13. The molecule has 0 spiro atoms. The summed E-state index contributed by atoms with van der Waals surface area (Å²) in [6.45, 7) is 1.31. The Balaban J connectivity index is 1.31. The number of rotatable bonds is 3. The van der Waals surface area contributed by atoms with Gasteiger partial charge >= 0.3 is 0 Å². The predicted molar refractivity (Wildman–Crippen MR) is 114 cm³/mol. The smallest absolute Gasteiger partial charge is 0.246 e. The van der Waals surface area contributed by atoms with Crippen LogP contribution in [-0.4, -0.2) is 27.3 Å². The summed E-state index contributed by atoms with van der Waals surface area (Å²) >= 11 is 1.48. The Labute approximate surface area is 171 Å². The van der Waals surface area contributed by atoms with Crippen molar-refractivity contribution in [2.75, 3.05) is 6.54 Å². The van der Waals surface area contributed by atoms with Crippen LogP contribution in [0.5, 0.6) is 0 Å². The molecule has 0 saturated carbocycles. The first kappa shape index (κ1) is 17.8. The van der Waals surface area contributed by atoms with Crippen molar-refractivity contribution < 1.29 is 9.18 Å². The molecular weight excluding hydrogens is 385 g/mol. The van der Waals surface area contributed by atoms with Gasteiger partial charge in [-0.25, -0.2) is 9.37 Å². The molecule has 1 aliphatic heterocycles. The number of amides is 1. The van der Waals surface area contributed by atoms with Crippen LogP contribution < -0.4 is 0 Å². The van der Waals surface area contributed by atoms with Crippen molar-refractivity contribution in [1.29, 1.82) is 0 Å². The fourth-order valence-electron chi connectivity index (χ4n) is 3.70. The first-order valence-corrected chi connectivity index (χ1v) is 10.3. The van der Waals surface area contributed by atoms with Crippen LogP contribution in [0, 0.1) is 5.82 Å². The summed E-state index contributed by atoms with van der Waals surface area (Å²) in [4.78, 5) is 22.6. The van der Waals surface area contributed by atoms with E-state index in [1.54, 1.807) is 24.3 Å². The molecule has 0 aliphatic carbocycles. The lowest BCUT2D eigenvalue weighted by molar-refractivity contribution is -0.126. The number of nitrogens with zero attached hydrogens (tertiary/aromatic N) is 2. The number of carbonyl (C=O) groups excluding carboxylic acids is 1. The van der Waals surface area contributed by atoms with Gasteiger partial charge < -0.3 is 9.88 Å². The third-order valence-corrected chi connectivity index (χ3v) is 6.11. The van der Waals surface area contributed by atoms with Gasteiger partial charge in [0.25, 0.3) is 0 Å². The Morgan fingerprint density at radius 3 is 2.86 bits per heavy atom. The number of fused-ring (bicyclic) bond motifs is 3. The molecule has 29 heavy (non-hydrogen) atoms. The van der Waals surface area contributed by atoms with Crippen LogP contribution in [0.3, 0.4) is 0 Å².